The maximum atomic E-state index is 12.8. The highest BCUT2D eigenvalue weighted by Crippen LogP contribution is 2.31. The van der Waals surface area contributed by atoms with Crippen LogP contribution in [0.4, 0.5) is 0 Å². The van der Waals surface area contributed by atoms with Crippen LogP contribution in [0.1, 0.15) is 36.9 Å². The highest BCUT2D eigenvalue weighted by atomic mass is 16.5. The Labute approximate surface area is 165 Å². The Bertz CT molecular complexity index is 1000. The number of fused-ring (bicyclic) bond motifs is 3. The van der Waals surface area contributed by atoms with Crippen LogP contribution >= 0.6 is 0 Å². The summed E-state index contributed by atoms with van der Waals surface area (Å²) in [6.07, 6.45) is 0.431. The monoisotopic (exact) mass is 380 g/mol. The molecule has 1 amide bonds. The first-order valence-corrected chi connectivity index (χ1v) is 10.0. The third-order valence-corrected chi connectivity index (χ3v) is 5.66. The van der Waals surface area contributed by atoms with Crippen LogP contribution in [0.25, 0.3) is 21.7 Å². The lowest BCUT2D eigenvalue weighted by Gasteiger charge is -2.38. The summed E-state index contributed by atoms with van der Waals surface area (Å²) < 4.78 is 11.8. The highest BCUT2D eigenvalue weighted by Gasteiger charge is 2.26. The van der Waals surface area contributed by atoms with E-state index < -0.39 is 0 Å². The summed E-state index contributed by atoms with van der Waals surface area (Å²) in [5.74, 6) is 0.251. The van der Waals surface area contributed by atoms with E-state index in [0.717, 1.165) is 40.4 Å². The lowest BCUT2D eigenvalue weighted by Crippen LogP contribution is -2.52. The third-order valence-electron chi connectivity index (χ3n) is 5.66. The van der Waals surface area contributed by atoms with Crippen molar-refractivity contribution in [1.82, 2.24) is 10.2 Å². The SMILES string of the molecule is Cc1c(C(=O)NCC(C)N2CC(C)OC(C)C2)oc2c1ccc1ccccc12. The molecule has 3 atom stereocenters. The van der Waals surface area contributed by atoms with Crippen LogP contribution in [-0.2, 0) is 4.74 Å². The van der Waals surface area contributed by atoms with Gasteiger partial charge in [-0.15, -0.1) is 0 Å². The van der Waals surface area contributed by atoms with E-state index in [1.54, 1.807) is 0 Å². The Balaban J connectivity index is 1.51. The van der Waals surface area contributed by atoms with Crippen LogP contribution < -0.4 is 5.32 Å². The zero-order valence-electron chi connectivity index (χ0n) is 17.0. The number of morpholine rings is 1. The van der Waals surface area contributed by atoms with Crippen LogP contribution in [0, 0.1) is 6.92 Å². The Morgan fingerprint density at radius 3 is 2.61 bits per heavy atom. The number of nitrogens with zero attached hydrogens (tertiary/aromatic N) is 1. The minimum absolute atomic E-state index is 0.154. The van der Waals surface area contributed by atoms with Crippen molar-refractivity contribution >= 4 is 27.6 Å². The molecule has 148 valence electrons. The average Bonchev–Trinajstić information content (AvgIpc) is 3.02. The van der Waals surface area contributed by atoms with E-state index in [-0.39, 0.29) is 24.2 Å². The van der Waals surface area contributed by atoms with Gasteiger partial charge in [0.15, 0.2) is 5.76 Å². The van der Waals surface area contributed by atoms with Crippen LogP contribution in [0.3, 0.4) is 0 Å². The predicted molar refractivity (Wildman–Crippen MR) is 112 cm³/mol. The number of carbonyl (C=O) groups excluding carboxylic acids is 1. The first-order chi connectivity index (χ1) is 13.4. The fourth-order valence-corrected chi connectivity index (χ4v) is 4.19. The molecule has 28 heavy (non-hydrogen) atoms. The van der Waals surface area contributed by atoms with Gasteiger partial charge in [-0.2, -0.15) is 0 Å². The Kier molecular flexibility index (Phi) is 5.13. The van der Waals surface area contributed by atoms with Crippen molar-refractivity contribution in [3.63, 3.8) is 0 Å². The van der Waals surface area contributed by atoms with Gasteiger partial charge >= 0.3 is 0 Å². The smallest absolute Gasteiger partial charge is 0.287 e. The van der Waals surface area contributed by atoms with Crippen molar-refractivity contribution < 1.29 is 13.9 Å². The van der Waals surface area contributed by atoms with E-state index in [4.69, 9.17) is 9.15 Å². The lowest BCUT2D eigenvalue weighted by molar-refractivity contribution is -0.0778. The molecule has 0 aliphatic carbocycles. The van der Waals surface area contributed by atoms with Gasteiger partial charge in [-0.1, -0.05) is 36.4 Å². The summed E-state index contributed by atoms with van der Waals surface area (Å²) in [5, 5.41) is 6.20. The maximum Gasteiger partial charge on any atom is 0.287 e. The Morgan fingerprint density at radius 1 is 1.14 bits per heavy atom. The highest BCUT2D eigenvalue weighted by molar-refractivity contribution is 6.08. The quantitative estimate of drug-likeness (QED) is 0.740. The lowest BCUT2D eigenvalue weighted by atomic mass is 10.1. The molecule has 2 heterocycles. The van der Waals surface area contributed by atoms with Gasteiger partial charge in [-0.25, -0.2) is 0 Å². The standard InChI is InChI=1S/C23H28N2O3/c1-14(25-12-15(2)27-16(3)13-25)11-24-23(26)21-17(4)19-10-9-18-7-5-6-8-20(18)22(19)28-21/h5-10,14-16H,11-13H2,1-4H3,(H,24,26). The zero-order chi connectivity index (χ0) is 19.8. The molecule has 5 nitrogen and oxygen atoms in total. The van der Waals surface area contributed by atoms with Gasteiger partial charge in [-0.05, 0) is 33.1 Å². The molecule has 0 saturated carbocycles. The molecular formula is C23H28N2O3. The molecule has 1 aromatic heterocycles. The summed E-state index contributed by atoms with van der Waals surface area (Å²) in [7, 11) is 0. The minimum atomic E-state index is -0.154. The molecule has 0 bridgehead atoms. The molecule has 5 heteroatoms. The molecule has 1 N–H and O–H groups in total. The van der Waals surface area contributed by atoms with Crippen molar-refractivity contribution in [1.29, 1.82) is 0 Å². The molecule has 2 aromatic carbocycles. The number of carbonyl (C=O) groups is 1. The van der Waals surface area contributed by atoms with E-state index in [1.807, 2.05) is 31.2 Å². The van der Waals surface area contributed by atoms with Crippen LogP contribution in [-0.4, -0.2) is 48.7 Å². The van der Waals surface area contributed by atoms with E-state index >= 15 is 0 Å². The molecule has 0 spiro atoms. The molecule has 1 aliphatic heterocycles. The summed E-state index contributed by atoms with van der Waals surface area (Å²) in [5.41, 5.74) is 1.67. The fraction of sp³-hybridized carbons (Fsp3) is 0.435. The van der Waals surface area contributed by atoms with Gasteiger partial charge < -0.3 is 14.5 Å². The number of ether oxygens (including phenoxy) is 1. The van der Waals surface area contributed by atoms with E-state index in [9.17, 15) is 4.79 Å². The van der Waals surface area contributed by atoms with Gasteiger partial charge in [0.1, 0.15) is 5.58 Å². The van der Waals surface area contributed by atoms with Crippen molar-refractivity contribution in [2.24, 2.45) is 0 Å². The van der Waals surface area contributed by atoms with Crippen molar-refractivity contribution in [3.8, 4) is 0 Å². The first-order valence-electron chi connectivity index (χ1n) is 10.0. The second-order valence-corrected chi connectivity index (χ2v) is 7.99. The molecule has 1 fully saturated rings. The number of amides is 1. The topological polar surface area (TPSA) is 54.7 Å². The van der Waals surface area contributed by atoms with Crippen molar-refractivity contribution in [3.05, 3.63) is 47.7 Å². The molecule has 3 aromatic rings. The largest absolute Gasteiger partial charge is 0.450 e. The average molecular weight is 380 g/mol. The number of aryl methyl sites for hydroxylation is 1. The van der Waals surface area contributed by atoms with Crippen LogP contribution in [0.15, 0.2) is 40.8 Å². The first kappa shape index (κ1) is 19.0. The van der Waals surface area contributed by atoms with E-state index in [1.165, 1.54) is 0 Å². The molecule has 4 rings (SSSR count). The van der Waals surface area contributed by atoms with E-state index in [2.05, 4.69) is 43.1 Å². The second kappa shape index (κ2) is 7.57. The molecule has 1 aliphatic rings. The summed E-state index contributed by atoms with van der Waals surface area (Å²) in [6, 6.07) is 12.4. The van der Waals surface area contributed by atoms with Gasteiger partial charge in [0.25, 0.3) is 5.91 Å². The van der Waals surface area contributed by atoms with Gasteiger partial charge in [0.2, 0.25) is 0 Å². The molecule has 1 saturated heterocycles. The van der Waals surface area contributed by atoms with Gasteiger partial charge in [-0.3, -0.25) is 9.69 Å². The number of rotatable bonds is 4. The summed E-state index contributed by atoms with van der Waals surface area (Å²) >= 11 is 0. The number of hydrogen-bond acceptors (Lipinski definition) is 4. The molecule has 0 radical (unpaired) electrons. The number of benzene rings is 2. The summed E-state index contributed by atoms with van der Waals surface area (Å²) in [4.78, 5) is 15.2. The Morgan fingerprint density at radius 2 is 1.86 bits per heavy atom. The fourth-order valence-electron chi connectivity index (χ4n) is 4.19. The predicted octanol–water partition coefficient (Wildman–Crippen LogP) is 4.12. The minimum Gasteiger partial charge on any atom is -0.450 e. The number of furan rings is 1. The van der Waals surface area contributed by atoms with Crippen molar-refractivity contribution in [2.45, 2.75) is 45.9 Å². The third kappa shape index (κ3) is 3.52. The number of hydrogen-bond donors (Lipinski definition) is 1. The van der Waals surface area contributed by atoms with Crippen LogP contribution in [0.5, 0.6) is 0 Å². The normalized spacial score (nSPS) is 21.9. The Hall–Kier alpha value is -2.37. The van der Waals surface area contributed by atoms with Gasteiger partial charge in [0, 0.05) is 42.0 Å². The molecule has 3 unspecified atom stereocenters. The molecular weight excluding hydrogens is 352 g/mol. The maximum absolute atomic E-state index is 12.8. The van der Waals surface area contributed by atoms with Crippen molar-refractivity contribution in [2.75, 3.05) is 19.6 Å². The second-order valence-electron chi connectivity index (χ2n) is 7.99. The van der Waals surface area contributed by atoms with E-state index in [0.29, 0.717) is 12.3 Å². The number of nitrogens with one attached hydrogen (secondary N) is 1. The van der Waals surface area contributed by atoms with Crippen LogP contribution in [0.2, 0.25) is 0 Å². The summed E-state index contributed by atoms with van der Waals surface area (Å²) in [6.45, 7) is 10.6. The van der Waals surface area contributed by atoms with Gasteiger partial charge in [0.05, 0.1) is 12.2 Å². The zero-order valence-corrected chi connectivity index (χ0v) is 17.0.